The predicted octanol–water partition coefficient (Wildman–Crippen LogP) is 3.18. The van der Waals surface area contributed by atoms with Crippen molar-refractivity contribution in [2.45, 2.75) is 25.8 Å². The average molecular weight is 341 g/mol. The average Bonchev–Trinajstić information content (AvgIpc) is 2.61. The highest BCUT2D eigenvalue weighted by Crippen LogP contribution is 2.54. The number of ether oxygens (including phenoxy) is 2. The monoisotopic (exact) mass is 341 g/mol. The molecule has 0 spiro atoms. The second-order valence-corrected chi connectivity index (χ2v) is 6.91. The number of phenolic OH excluding ortho intramolecular Hbond substituents is 2. The zero-order valence-corrected chi connectivity index (χ0v) is 15.0. The molecular weight excluding hydrogens is 318 g/mol. The number of hydrogen-bond acceptors (Lipinski definition) is 5. The molecule has 1 atom stereocenters. The lowest BCUT2D eigenvalue weighted by molar-refractivity contribution is 0.226. The summed E-state index contributed by atoms with van der Waals surface area (Å²) in [6, 6.07) is 3.92. The lowest BCUT2D eigenvalue weighted by Gasteiger charge is -2.41. The Labute approximate surface area is 147 Å². The third kappa shape index (κ3) is 2.12. The SMILES string of the molecule is COc1cc2c(c(C)c1O)CC1c3c(cc(O)c(OC)c3-2)CCN1C. The van der Waals surface area contributed by atoms with E-state index in [1.54, 1.807) is 14.2 Å². The molecule has 1 unspecified atom stereocenters. The molecule has 1 aliphatic carbocycles. The van der Waals surface area contributed by atoms with Crippen LogP contribution in [-0.4, -0.2) is 42.9 Å². The fraction of sp³-hybridized carbons (Fsp3) is 0.400. The van der Waals surface area contributed by atoms with Gasteiger partial charge in [-0.05, 0) is 66.8 Å². The second-order valence-electron chi connectivity index (χ2n) is 6.91. The highest BCUT2D eigenvalue weighted by molar-refractivity contribution is 5.85. The van der Waals surface area contributed by atoms with Gasteiger partial charge in [0, 0.05) is 18.2 Å². The fourth-order valence-corrected chi connectivity index (χ4v) is 4.36. The minimum Gasteiger partial charge on any atom is -0.504 e. The Morgan fingerprint density at radius 1 is 1.16 bits per heavy atom. The van der Waals surface area contributed by atoms with Gasteiger partial charge in [-0.25, -0.2) is 0 Å². The van der Waals surface area contributed by atoms with Gasteiger partial charge in [0.05, 0.1) is 14.2 Å². The summed E-state index contributed by atoms with van der Waals surface area (Å²) in [5.74, 6) is 1.28. The number of benzene rings is 2. The van der Waals surface area contributed by atoms with E-state index in [1.165, 1.54) is 11.1 Å². The van der Waals surface area contributed by atoms with Crippen LogP contribution in [0.4, 0.5) is 0 Å². The van der Waals surface area contributed by atoms with Crippen LogP contribution in [0.3, 0.4) is 0 Å². The zero-order valence-electron chi connectivity index (χ0n) is 15.0. The number of aromatic hydroxyl groups is 2. The Balaban J connectivity index is 2.12. The van der Waals surface area contributed by atoms with E-state index in [1.807, 2.05) is 19.1 Å². The first-order chi connectivity index (χ1) is 12.0. The number of likely N-dealkylation sites (N-methyl/N-ethyl adjacent to an activating group) is 1. The molecule has 2 aromatic rings. The van der Waals surface area contributed by atoms with E-state index < -0.39 is 0 Å². The molecule has 1 heterocycles. The van der Waals surface area contributed by atoms with Crippen molar-refractivity contribution in [3.05, 3.63) is 34.4 Å². The molecule has 0 aromatic heterocycles. The summed E-state index contributed by atoms with van der Waals surface area (Å²) in [7, 11) is 5.26. The Kier molecular flexibility index (Phi) is 3.58. The van der Waals surface area contributed by atoms with Crippen LogP contribution in [-0.2, 0) is 12.8 Å². The summed E-state index contributed by atoms with van der Waals surface area (Å²) in [5, 5.41) is 21.0. The van der Waals surface area contributed by atoms with Gasteiger partial charge < -0.3 is 19.7 Å². The normalized spacial score (nSPS) is 18.5. The molecule has 2 aliphatic rings. The molecule has 0 bridgehead atoms. The molecule has 1 aliphatic heterocycles. The number of rotatable bonds is 2. The molecule has 0 saturated carbocycles. The summed E-state index contributed by atoms with van der Waals surface area (Å²) in [6.45, 7) is 2.86. The number of nitrogens with zero attached hydrogens (tertiary/aromatic N) is 1. The predicted molar refractivity (Wildman–Crippen MR) is 95.8 cm³/mol. The van der Waals surface area contributed by atoms with Gasteiger partial charge in [0.15, 0.2) is 23.0 Å². The summed E-state index contributed by atoms with van der Waals surface area (Å²) in [5.41, 5.74) is 6.21. The highest BCUT2D eigenvalue weighted by Gasteiger charge is 2.37. The van der Waals surface area contributed by atoms with Crippen molar-refractivity contribution in [2.75, 3.05) is 27.8 Å². The summed E-state index contributed by atoms with van der Waals surface area (Å²) < 4.78 is 10.9. The Morgan fingerprint density at radius 2 is 1.92 bits per heavy atom. The van der Waals surface area contributed by atoms with Crippen molar-refractivity contribution in [1.82, 2.24) is 4.90 Å². The molecule has 4 rings (SSSR count). The van der Waals surface area contributed by atoms with E-state index in [9.17, 15) is 10.2 Å². The van der Waals surface area contributed by atoms with Gasteiger partial charge in [0.25, 0.3) is 0 Å². The van der Waals surface area contributed by atoms with Crippen LogP contribution < -0.4 is 9.47 Å². The summed E-state index contributed by atoms with van der Waals surface area (Å²) in [4.78, 5) is 2.34. The molecule has 25 heavy (non-hydrogen) atoms. The lowest BCUT2D eigenvalue weighted by Crippen LogP contribution is -2.35. The molecule has 0 fully saturated rings. The van der Waals surface area contributed by atoms with Gasteiger partial charge in [0.1, 0.15) is 0 Å². The van der Waals surface area contributed by atoms with Gasteiger partial charge >= 0.3 is 0 Å². The van der Waals surface area contributed by atoms with E-state index in [0.29, 0.717) is 11.5 Å². The van der Waals surface area contributed by atoms with Crippen LogP contribution in [0.2, 0.25) is 0 Å². The number of phenols is 2. The van der Waals surface area contributed by atoms with Crippen LogP contribution in [0.15, 0.2) is 12.1 Å². The van der Waals surface area contributed by atoms with E-state index in [0.717, 1.165) is 41.6 Å². The van der Waals surface area contributed by atoms with Crippen molar-refractivity contribution in [3.63, 3.8) is 0 Å². The largest absolute Gasteiger partial charge is 0.504 e. The van der Waals surface area contributed by atoms with E-state index in [-0.39, 0.29) is 17.5 Å². The molecule has 2 N–H and O–H groups in total. The van der Waals surface area contributed by atoms with E-state index >= 15 is 0 Å². The summed E-state index contributed by atoms with van der Waals surface area (Å²) >= 11 is 0. The first kappa shape index (κ1) is 16.1. The quantitative estimate of drug-likeness (QED) is 0.878. The molecule has 0 radical (unpaired) electrons. The van der Waals surface area contributed by atoms with Crippen molar-refractivity contribution in [3.8, 4) is 34.1 Å². The molecule has 0 saturated heterocycles. The highest BCUT2D eigenvalue weighted by atomic mass is 16.5. The van der Waals surface area contributed by atoms with Crippen LogP contribution >= 0.6 is 0 Å². The second kappa shape index (κ2) is 5.56. The smallest absolute Gasteiger partial charge is 0.168 e. The van der Waals surface area contributed by atoms with Crippen LogP contribution in [0.1, 0.15) is 28.3 Å². The van der Waals surface area contributed by atoms with Gasteiger partial charge in [-0.2, -0.15) is 0 Å². The first-order valence-electron chi connectivity index (χ1n) is 8.50. The maximum absolute atomic E-state index is 10.5. The number of hydrogen-bond donors (Lipinski definition) is 2. The minimum absolute atomic E-state index is 0.164. The van der Waals surface area contributed by atoms with E-state index in [2.05, 4.69) is 11.9 Å². The van der Waals surface area contributed by atoms with Crippen LogP contribution in [0.5, 0.6) is 23.0 Å². The Bertz CT molecular complexity index is 875. The van der Waals surface area contributed by atoms with Gasteiger partial charge in [-0.15, -0.1) is 0 Å². The third-order valence-electron chi connectivity index (χ3n) is 5.72. The lowest BCUT2D eigenvalue weighted by atomic mass is 9.75. The topological polar surface area (TPSA) is 62.2 Å². The zero-order chi connectivity index (χ0) is 17.9. The van der Waals surface area contributed by atoms with Crippen molar-refractivity contribution in [2.24, 2.45) is 0 Å². The van der Waals surface area contributed by atoms with Gasteiger partial charge in [-0.3, -0.25) is 4.90 Å². The third-order valence-corrected chi connectivity index (χ3v) is 5.72. The first-order valence-corrected chi connectivity index (χ1v) is 8.50. The molecule has 5 nitrogen and oxygen atoms in total. The molecule has 2 aromatic carbocycles. The van der Waals surface area contributed by atoms with Crippen LogP contribution in [0.25, 0.3) is 11.1 Å². The standard InChI is InChI=1S/C20H23NO4/c1-10-12-8-14-17-11(5-6-21(14)2)7-15(22)20(25-4)18(17)13(12)9-16(24-3)19(10)23/h7,9,14,22-23H,5-6,8H2,1-4H3. The maximum atomic E-state index is 10.5. The maximum Gasteiger partial charge on any atom is 0.168 e. The van der Waals surface area contributed by atoms with Crippen molar-refractivity contribution in [1.29, 1.82) is 0 Å². The van der Waals surface area contributed by atoms with Crippen LogP contribution in [0, 0.1) is 6.92 Å². The van der Waals surface area contributed by atoms with Gasteiger partial charge in [0.2, 0.25) is 0 Å². The Morgan fingerprint density at radius 3 is 2.60 bits per heavy atom. The molecule has 132 valence electrons. The van der Waals surface area contributed by atoms with Crippen molar-refractivity contribution < 1.29 is 19.7 Å². The fourth-order valence-electron chi connectivity index (χ4n) is 4.36. The summed E-state index contributed by atoms with van der Waals surface area (Å²) in [6.07, 6.45) is 1.72. The van der Waals surface area contributed by atoms with Crippen molar-refractivity contribution >= 4 is 0 Å². The molecular formula is C20H23NO4. The number of fused-ring (bicyclic) bond motifs is 2. The minimum atomic E-state index is 0.164. The molecule has 5 heteroatoms. The molecule has 0 amide bonds. The van der Waals surface area contributed by atoms with Gasteiger partial charge in [-0.1, -0.05) is 0 Å². The number of methoxy groups -OCH3 is 2. The Hall–Kier alpha value is -2.40. The van der Waals surface area contributed by atoms with E-state index in [4.69, 9.17) is 9.47 Å².